The second-order valence-corrected chi connectivity index (χ2v) is 6.46. The molecule has 20 heavy (non-hydrogen) atoms. The maximum Gasteiger partial charge on any atom is 0.234 e. The molecule has 1 heterocycles. The smallest absolute Gasteiger partial charge is 0.234 e. The van der Waals surface area contributed by atoms with Gasteiger partial charge < -0.3 is 9.88 Å². The molecule has 1 aromatic heterocycles. The van der Waals surface area contributed by atoms with Gasteiger partial charge in [0.05, 0.1) is 11.4 Å². The summed E-state index contributed by atoms with van der Waals surface area (Å²) >= 11 is 4.90. The summed E-state index contributed by atoms with van der Waals surface area (Å²) < 4.78 is 3.05. The first-order valence-electron chi connectivity index (χ1n) is 6.44. The van der Waals surface area contributed by atoms with Gasteiger partial charge in [0, 0.05) is 22.9 Å². The standard InChI is InChI=1S/C14H14BrN3OS/c15-11-3-1-2-4-12(11)17-13(19)9-20-14-16-7-8-18(14)10-5-6-10/h1-4,7-8,10H,5-6,9H2,(H,17,19). The fourth-order valence-electron chi connectivity index (χ4n) is 1.92. The number of carbonyl (C=O) groups is 1. The molecule has 1 amide bonds. The summed E-state index contributed by atoms with van der Waals surface area (Å²) in [5, 5.41) is 3.82. The molecule has 1 saturated carbocycles. The van der Waals surface area contributed by atoms with Crippen LogP contribution in [0, 0.1) is 0 Å². The molecular weight excluding hydrogens is 338 g/mol. The van der Waals surface area contributed by atoms with Crippen molar-refractivity contribution in [2.45, 2.75) is 24.0 Å². The quantitative estimate of drug-likeness (QED) is 0.835. The third-order valence-corrected chi connectivity index (χ3v) is 4.73. The lowest BCUT2D eigenvalue weighted by atomic mass is 10.3. The SMILES string of the molecule is O=C(CSc1nccn1C1CC1)Nc1ccccc1Br. The number of imidazole rings is 1. The van der Waals surface area contributed by atoms with Crippen LogP contribution >= 0.6 is 27.7 Å². The second-order valence-electron chi connectivity index (χ2n) is 4.66. The lowest BCUT2D eigenvalue weighted by Crippen LogP contribution is -2.14. The minimum absolute atomic E-state index is 0.0211. The predicted molar refractivity (Wildman–Crippen MR) is 84.0 cm³/mol. The Morgan fingerprint density at radius 3 is 3.00 bits per heavy atom. The zero-order valence-corrected chi connectivity index (χ0v) is 13.2. The molecule has 3 rings (SSSR count). The minimum Gasteiger partial charge on any atom is -0.324 e. The fraction of sp³-hybridized carbons (Fsp3) is 0.286. The monoisotopic (exact) mass is 351 g/mol. The van der Waals surface area contributed by atoms with E-state index in [9.17, 15) is 4.79 Å². The van der Waals surface area contributed by atoms with Gasteiger partial charge in [-0.2, -0.15) is 0 Å². The van der Waals surface area contributed by atoms with E-state index in [4.69, 9.17) is 0 Å². The van der Waals surface area contributed by atoms with Crippen molar-refractivity contribution in [3.8, 4) is 0 Å². The Kier molecular flexibility index (Phi) is 4.12. The van der Waals surface area contributed by atoms with E-state index in [1.54, 1.807) is 6.20 Å². The van der Waals surface area contributed by atoms with Crippen molar-refractivity contribution in [1.82, 2.24) is 9.55 Å². The second kappa shape index (κ2) is 6.01. The Bertz CT molecular complexity index is 624. The van der Waals surface area contributed by atoms with E-state index in [1.807, 2.05) is 30.5 Å². The molecule has 0 radical (unpaired) electrons. The first-order valence-corrected chi connectivity index (χ1v) is 8.22. The highest BCUT2D eigenvalue weighted by Gasteiger charge is 2.25. The summed E-state index contributed by atoms with van der Waals surface area (Å²) in [6, 6.07) is 8.18. The molecule has 1 fully saturated rings. The van der Waals surface area contributed by atoms with Gasteiger partial charge in [0.2, 0.25) is 5.91 Å². The molecule has 0 unspecified atom stereocenters. The van der Waals surface area contributed by atoms with Crippen LogP contribution in [0.25, 0.3) is 0 Å². The molecule has 2 aromatic rings. The van der Waals surface area contributed by atoms with E-state index in [2.05, 4.69) is 30.8 Å². The topological polar surface area (TPSA) is 46.9 Å². The lowest BCUT2D eigenvalue weighted by molar-refractivity contribution is -0.113. The largest absolute Gasteiger partial charge is 0.324 e. The molecule has 0 spiro atoms. The highest BCUT2D eigenvalue weighted by atomic mass is 79.9. The fourth-order valence-corrected chi connectivity index (χ4v) is 3.13. The van der Waals surface area contributed by atoms with Crippen LogP contribution in [0.5, 0.6) is 0 Å². The summed E-state index contributed by atoms with van der Waals surface area (Å²) in [6.07, 6.45) is 6.22. The zero-order chi connectivity index (χ0) is 13.9. The number of para-hydroxylation sites is 1. The Hall–Kier alpha value is -1.27. The van der Waals surface area contributed by atoms with Gasteiger partial charge >= 0.3 is 0 Å². The van der Waals surface area contributed by atoms with Crippen molar-refractivity contribution in [1.29, 1.82) is 0 Å². The van der Waals surface area contributed by atoms with Crippen LogP contribution in [-0.4, -0.2) is 21.2 Å². The van der Waals surface area contributed by atoms with Gasteiger partial charge in [-0.1, -0.05) is 23.9 Å². The van der Waals surface area contributed by atoms with E-state index in [0.717, 1.165) is 15.3 Å². The molecule has 0 saturated heterocycles. The number of aromatic nitrogens is 2. The molecule has 4 nitrogen and oxygen atoms in total. The van der Waals surface area contributed by atoms with E-state index in [0.29, 0.717) is 11.8 Å². The molecule has 6 heteroatoms. The normalized spacial score (nSPS) is 14.2. The van der Waals surface area contributed by atoms with Crippen molar-refractivity contribution in [3.05, 3.63) is 41.1 Å². The van der Waals surface area contributed by atoms with Crippen molar-refractivity contribution < 1.29 is 4.79 Å². The van der Waals surface area contributed by atoms with Gasteiger partial charge in [0.15, 0.2) is 5.16 Å². The molecule has 1 aromatic carbocycles. The molecular formula is C14H14BrN3OS. The number of benzene rings is 1. The molecule has 104 valence electrons. The number of rotatable bonds is 5. The molecule has 1 aliphatic carbocycles. The molecule has 0 bridgehead atoms. The molecule has 1 N–H and O–H groups in total. The third kappa shape index (κ3) is 3.24. The number of carbonyl (C=O) groups excluding carboxylic acids is 1. The molecule has 1 aliphatic rings. The van der Waals surface area contributed by atoms with Crippen molar-refractivity contribution >= 4 is 39.3 Å². The average molecular weight is 352 g/mol. The number of thioether (sulfide) groups is 1. The number of nitrogens with zero attached hydrogens (tertiary/aromatic N) is 2. The van der Waals surface area contributed by atoms with Crippen LogP contribution < -0.4 is 5.32 Å². The van der Waals surface area contributed by atoms with Crippen molar-refractivity contribution in [2.24, 2.45) is 0 Å². The highest BCUT2D eigenvalue weighted by molar-refractivity contribution is 9.10. The van der Waals surface area contributed by atoms with Gasteiger partial charge in [-0.25, -0.2) is 4.98 Å². The van der Waals surface area contributed by atoms with Gasteiger partial charge in [-0.05, 0) is 40.9 Å². The van der Waals surface area contributed by atoms with E-state index >= 15 is 0 Å². The third-order valence-electron chi connectivity index (χ3n) is 3.05. The summed E-state index contributed by atoms with van der Waals surface area (Å²) in [6.45, 7) is 0. The Morgan fingerprint density at radius 1 is 1.45 bits per heavy atom. The number of hydrogen-bond donors (Lipinski definition) is 1. The highest BCUT2D eigenvalue weighted by Crippen LogP contribution is 2.37. The van der Waals surface area contributed by atoms with Gasteiger partial charge in [-0.3, -0.25) is 4.79 Å². The first kappa shape index (κ1) is 13.7. The van der Waals surface area contributed by atoms with Crippen LogP contribution in [0.1, 0.15) is 18.9 Å². The Labute approximate surface area is 130 Å². The van der Waals surface area contributed by atoms with Gasteiger partial charge in [0.25, 0.3) is 0 Å². The van der Waals surface area contributed by atoms with Crippen LogP contribution in [0.4, 0.5) is 5.69 Å². The van der Waals surface area contributed by atoms with Crippen molar-refractivity contribution in [3.63, 3.8) is 0 Å². The maximum absolute atomic E-state index is 12.0. The lowest BCUT2D eigenvalue weighted by Gasteiger charge is -2.08. The van der Waals surface area contributed by atoms with Crippen LogP contribution in [0.3, 0.4) is 0 Å². The number of hydrogen-bond acceptors (Lipinski definition) is 3. The molecule has 0 atom stereocenters. The summed E-state index contributed by atoms with van der Waals surface area (Å²) in [4.78, 5) is 16.3. The van der Waals surface area contributed by atoms with E-state index < -0.39 is 0 Å². The Morgan fingerprint density at radius 2 is 2.25 bits per heavy atom. The number of amides is 1. The predicted octanol–water partition coefficient (Wildman–Crippen LogP) is 3.71. The number of anilines is 1. The van der Waals surface area contributed by atoms with Crippen LogP contribution in [0.2, 0.25) is 0 Å². The van der Waals surface area contributed by atoms with Crippen LogP contribution in [0.15, 0.2) is 46.3 Å². The average Bonchev–Trinajstić information content (AvgIpc) is 3.18. The maximum atomic E-state index is 12.0. The van der Waals surface area contributed by atoms with E-state index in [1.165, 1.54) is 24.6 Å². The summed E-state index contributed by atoms with van der Waals surface area (Å²) in [5.74, 6) is 0.345. The van der Waals surface area contributed by atoms with Crippen LogP contribution in [-0.2, 0) is 4.79 Å². The minimum atomic E-state index is -0.0211. The summed E-state index contributed by atoms with van der Waals surface area (Å²) in [5.41, 5.74) is 0.795. The first-order chi connectivity index (χ1) is 9.74. The molecule has 0 aliphatic heterocycles. The summed E-state index contributed by atoms with van der Waals surface area (Å²) in [7, 11) is 0. The number of halogens is 1. The van der Waals surface area contributed by atoms with E-state index in [-0.39, 0.29) is 5.91 Å². The van der Waals surface area contributed by atoms with Gasteiger partial charge in [0.1, 0.15) is 0 Å². The van der Waals surface area contributed by atoms with Crippen molar-refractivity contribution in [2.75, 3.05) is 11.1 Å². The Balaban J connectivity index is 1.57. The zero-order valence-electron chi connectivity index (χ0n) is 10.8. The number of nitrogens with one attached hydrogen (secondary N) is 1. The van der Waals surface area contributed by atoms with Gasteiger partial charge in [-0.15, -0.1) is 0 Å².